The van der Waals surface area contributed by atoms with Gasteiger partial charge in [0.15, 0.2) is 6.10 Å². The summed E-state index contributed by atoms with van der Waals surface area (Å²) in [5.41, 5.74) is 0.657. The number of hydrogen-bond acceptors (Lipinski definition) is 5. The molecule has 27 heavy (non-hydrogen) atoms. The number of halogens is 2. The number of urea groups is 1. The van der Waals surface area contributed by atoms with Crippen molar-refractivity contribution in [1.82, 2.24) is 15.1 Å². The minimum atomic E-state index is -1.11. The smallest absolute Gasteiger partial charge is 0.327 e. The van der Waals surface area contributed by atoms with Crippen molar-refractivity contribution >= 4 is 47.0 Å². The van der Waals surface area contributed by atoms with Crippen LogP contribution in [0.4, 0.5) is 4.79 Å². The summed E-state index contributed by atoms with van der Waals surface area (Å²) in [6.07, 6.45) is -1.11. The Morgan fingerprint density at radius 3 is 2.48 bits per heavy atom. The van der Waals surface area contributed by atoms with Crippen molar-refractivity contribution in [3.05, 3.63) is 33.8 Å². The van der Waals surface area contributed by atoms with Gasteiger partial charge in [-0.15, -0.1) is 0 Å². The molecule has 1 saturated heterocycles. The van der Waals surface area contributed by atoms with Crippen LogP contribution in [0.5, 0.6) is 0 Å². The van der Waals surface area contributed by atoms with E-state index < -0.39 is 42.5 Å². The number of amides is 4. The highest BCUT2D eigenvalue weighted by atomic mass is 35.5. The van der Waals surface area contributed by atoms with Crippen LogP contribution in [0.2, 0.25) is 10.0 Å². The van der Waals surface area contributed by atoms with E-state index in [1.165, 1.54) is 18.9 Å². The number of esters is 1. The lowest BCUT2D eigenvalue weighted by Gasteiger charge is -2.20. The van der Waals surface area contributed by atoms with Crippen molar-refractivity contribution in [2.45, 2.75) is 26.0 Å². The average molecular weight is 416 g/mol. The second-order valence-corrected chi connectivity index (χ2v) is 6.99. The molecule has 0 bridgehead atoms. The zero-order valence-corrected chi connectivity index (χ0v) is 16.5. The Hall–Kier alpha value is -2.32. The van der Waals surface area contributed by atoms with Gasteiger partial charge in [0, 0.05) is 17.1 Å². The van der Waals surface area contributed by atoms with Gasteiger partial charge in [-0.2, -0.15) is 0 Å². The fourth-order valence-electron chi connectivity index (χ4n) is 2.50. The van der Waals surface area contributed by atoms with E-state index in [2.05, 4.69) is 5.32 Å². The Bertz CT molecular complexity index is 786. The molecule has 2 atom stereocenters. The van der Waals surface area contributed by atoms with Gasteiger partial charge in [0.25, 0.3) is 11.8 Å². The summed E-state index contributed by atoms with van der Waals surface area (Å²) in [4.78, 5) is 49.6. The lowest BCUT2D eigenvalue weighted by Crippen LogP contribution is -2.41. The maximum Gasteiger partial charge on any atom is 0.327 e. The van der Waals surface area contributed by atoms with E-state index >= 15 is 0 Å². The molecule has 0 unspecified atom stereocenters. The molecule has 1 aromatic carbocycles. The maximum atomic E-state index is 12.2. The third kappa shape index (κ3) is 5.11. The van der Waals surface area contributed by atoms with Gasteiger partial charge in [0.1, 0.15) is 13.1 Å². The number of rotatable bonds is 6. The fraction of sp³-hybridized carbons (Fsp3) is 0.412. The largest absolute Gasteiger partial charge is 0.451 e. The number of benzene rings is 1. The number of nitrogens with one attached hydrogen (secondary N) is 1. The minimum absolute atomic E-state index is 0.0957. The summed E-state index contributed by atoms with van der Waals surface area (Å²) in [7, 11) is 1.45. The molecule has 0 radical (unpaired) electrons. The molecule has 2 rings (SSSR count). The Balaban J connectivity index is 1.90. The molecule has 1 aromatic rings. The second kappa shape index (κ2) is 8.58. The van der Waals surface area contributed by atoms with Gasteiger partial charge in [-0.05, 0) is 31.5 Å². The highest BCUT2D eigenvalue weighted by Gasteiger charge is 2.35. The predicted octanol–water partition coefficient (Wildman–Crippen LogP) is 2.00. The lowest BCUT2D eigenvalue weighted by atomic mass is 10.1. The molecule has 1 heterocycles. The number of hydrogen-bond donors (Lipinski definition) is 1. The van der Waals surface area contributed by atoms with Gasteiger partial charge >= 0.3 is 12.0 Å². The third-order valence-corrected chi connectivity index (χ3v) is 4.55. The molecule has 146 valence electrons. The highest BCUT2D eigenvalue weighted by molar-refractivity contribution is 6.35. The third-order valence-electron chi connectivity index (χ3n) is 3.98. The molecule has 0 spiro atoms. The Morgan fingerprint density at radius 2 is 1.93 bits per heavy atom. The first-order valence-electron chi connectivity index (χ1n) is 8.10. The molecule has 1 aliphatic rings. The number of nitrogens with zero attached hydrogens (tertiary/aromatic N) is 2. The van der Waals surface area contributed by atoms with Crippen LogP contribution < -0.4 is 5.32 Å². The molecule has 4 amide bonds. The minimum Gasteiger partial charge on any atom is -0.451 e. The summed E-state index contributed by atoms with van der Waals surface area (Å²) >= 11 is 12.0. The summed E-state index contributed by atoms with van der Waals surface area (Å²) in [6.45, 7) is 2.47. The van der Waals surface area contributed by atoms with Crippen molar-refractivity contribution in [2.24, 2.45) is 0 Å². The van der Waals surface area contributed by atoms with Crippen molar-refractivity contribution in [3.8, 4) is 0 Å². The number of carbonyl (C=O) groups excluding carboxylic acids is 4. The number of likely N-dealkylation sites (N-methyl/N-ethyl adjacent to an activating group) is 1. The first kappa shape index (κ1) is 21.0. The molecule has 8 nitrogen and oxygen atoms in total. The van der Waals surface area contributed by atoms with Crippen LogP contribution in [0.25, 0.3) is 0 Å². The van der Waals surface area contributed by atoms with Crippen molar-refractivity contribution in [1.29, 1.82) is 0 Å². The van der Waals surface area contributed by atoms with Crippen LogP contribution in [0.15, 0.2) is 18.2 Å². The van der Waals surface area contributed by atoms with E-state index in [4.69, 9.17) is 27.9 Å². The zero-order chi connectivity index (χ0) is 20.3. The van der Waals surface area contributed by atoms with Gasteiger partial charge in [-0.3, -0.25) is 19.3 Å². The Kier molecular flexibility index (Phi) is 6.67. The number of imide groups is 1. The topological polar surface area (TPSA) is 96.0 Å². The second-order valence-electron chi connectivity index (χ2n) is 6.15. The van der Waals surface area contributed by atoms with Crippen LogP contribution in [0, 0.1) is 0 Å². The van der Waals surface area contributed by atoms with Gasteiger partial charge in [0.05, 0.1) is 6.04 Å². The Labute approximate surface area is 166 Å². The predicted molar refractivity (Wildman–Crippen MR) is 98.3 cm³/mol. The normalized spacial score (nSPS) is 16.3. The van der Waals surface area contributed by atoms with Crippen molar-refractivity contribution < 1.29 is 23.9 Å². The van der Waals surface area contributed by atoms with E-state index in [1.807, 2.05) is 0 Å². The van der Waals surface area contributed by atoms with Crippen LogP contribution in [-0.2, 0) is 19.1 Å². The molecular weight excluding hydrogens is 397 g/mol. The monoisotopic (exact) mass is 415 g/mol. The summed E-state index contributed by atoms with van der Waals surface area (Å²) in [6, 6.07) is 3.87. The van der Waals surface area contributed by atoms with Gasteiger partial charge in [0.2, 0.25) is 0 Å². The van der Waals surface area contributed by atoms with Gasteiger partial charge < -0.3 is 15.0 Å². The van der Waals surface area contributed by atoms with Crippen molar-refractivity contribution in [3.63, 3.8) is 0 Å². The molecule has 0 aliphatic carbocycles. The summed E-state index contributed by atoms with van der Waals surface area (Å²) in [5, 5.41) is 3.55. The molecule has 1 fully saturated rings. The molecule has 1 N–H and O–H groups in total. The maximum absolute atomic E-state index is 12.2. The van der Waals surface area contributed by atoms with E-state index in [0.717, 1.165) is 4.90 Å². The van der Waals surface area contributed by atoms with Crippen molar-refractivity contribution in [2.75, 3.05) is 20.1 Å². The van der Waals surface area contributed by atoms with E-state index in [1.54, 1.807) is 25.1 Å². The molecule has 1 aliphatic heterocycles. The van der Waals surface area contributed by atoms with Gasteiger partial charge in [-0.25, -0.2) is 4.79 Å². The highest BCUT2D eigenvalue weighted by Crippen LogP contribution is 2.26. The average Bonchev–Trinajstić information content (AvgIpc) is 2.80. The SMILES string of the molecule is C[C@H](OC(=O)CN1C(=O)CN(C)C1=O)C(=O)N[C@H](C)c1ccc(Cl)cc1Cl. The van der Waals surface area contributed by atoms with Crippen LogP contribution in [-0.4, -0.2) is 59.9 Å². The Morgan fingerprint density at radius 1 is 1.26 bits per heavy atom. The number of carbonyl (C=O) groups is 4. The zero-order valence-electron chi connectivity index (χ0n) is 15.0. The van der Waals surface area contributed by atoms with E-state index in [0.29, 0.717) is 15.6 Å². The van der Waals surface area contributed by atoms with E-state index in [9.17, 15) is 19.2 Å². The summed E-state index contributed by atoms with van der Waals surface area (Å²) < 4.78 is 5.02. The summed E-state index contributed by atoms with van der Waals surface area (Å²) in [5.74, 6) is -1.90. The quantitative estimate of drug-likeness (QED) is 0.565. The standard InChI is InChI=1S/C17H19Cl2N3O5/c1-9(12-5-4-11(18)6-13(12)19)20-16(25)10(2)27-15(24)8-22-14(23)7-21(3)17(22)26/h4-6,9-10H,7-8H2,1-3H3,(H,20,25)/t9-,10+/m1/s1. The number of ether oxygens (including phenoxy) is 1. The molecular formula is C17H19Cl2N3O5. The van der Waals surface area contributed by atoms with Crippen LogP contribution in [0.1, 0.15) is 25.5 Å². The molecule has 0 aromatic heterocycles. The van der Waals surface area contributed by atoms with E-state index in [-0.39, 0.29) is 6.54 Å². The van der Waals surface area contributed by atoms with Crippen LogP contribution in [0.3, 0.4) is 0 Å². The lowest BCUT2D eigenvalue weighted by molar-refractivity contribution is -0.156. The first-order valence-corrected chi connectivity index (χ1v) is 8.86. The van der Waals surface area contributed by atoms with Crippen LogP contribution >= 0.6 is 23.2 Å². The first-order chi connectivity index (χ1) is 12.6. The molecule has 0 saturated carbocycles. The van der Waals surface area contributed by atoms with Gasteiger partial charge in [-0.1, -0.05) is 29.3 Å². The molecule has 10 heteroatoms. The fourth-order valence-corrected chi connectivity index (χ4v) is 3.07.